The van der Waals surface area contributed by atoms with Gasteiger partial charge in [0.2, 0.25) is 0 Å². The van der Waals surface area contributed by atoms with E-state index in [9.17, 15) is 4.79 Å². The topological polar surface area (TPSA) is 91.9 Å². The van der Waals surface area contributed by atoms with Gasteiger partial charge in [0.05, 0.1) is 46.3 Å². The summed E-state index contributed by atoms with van der Waals surface area (Å²) < 4.78 is 14.7. The fraction of sp³-hybridized carbons (Fsp3) is 0.346. The lowest BCUT2D eigenvalue weighted by atomic mass is 9.99. The second-order valence-corrected chi connectivity index (χ2v) is 10.1. The Labute approximate surface area is 213 Å². The molecule has 0 saturated carbocycles. The van der Waals surface area contributed by atoms with E-state index in [1.165, 1.54) is 12.8 Å². The van der Waals surface area contributed by atoms with Crippen LogP contribution in [0.3, 0.4) is 0 Å². The van der Waals surface area contributed by atoms with E-state index in [1.54, 1.807) is 12.3 Å². The fourth-order valence-corrected chi connectivity index (χ4v) is 5.33. The van der Waals surface area contributed by atoms with Crippen molar-refractivity contribution in [3.05, 3.63) is 63.0 Å². The van der Waals surface area contributed by atoms with Crippen molar-refractivity contribution in [1.29, 1.82) is 0 Å². The summed E-state index contributed by atoms with van der Waals surface area (Å²) in [5.74, 6) is 1.18. The number of ether oxygens (including phenoxy) is 1. The van der Waals surface area contributed by atoms with Crippen molar-refractivity contribution < 1.29 is 4.74 Å². The molecule has 0 bridgehead atoms. The third kappa shape index (κ3) is 5.34. The average molecular weight is 510 g/mol. The molecule has 0 radical (unpaired) electrons. The van der Waals surface area contributed by atoms with E-state index in [4.69, 9.17) is 16.3 Å². The highest BCUT2D eigenvalue weighted by Crippen LogP contribution is 2.38. The smallest absolute Gasteiger partial charge is 0.260 e. The third-order valence-corrected chi connectivity index (χ3v) is 7.10. The second kappa shape index (κ2) is 10.4. The Morgan fingerprint density at radius 3 is 2.71 bits per heavy atom. The van der Waals surface area contributed by atoms with E-state index in [2.05, 4.69) is 30.4 Å². The molecule has 182 valence electrons. The van der Waals surface area contributed by atoms with Crippen LogP contribution in [0.15, 0.2) is 41.3 Å². The Hall–Kier alpha value is -2.94. The lowest BCUT2D eigenvalue weighted by Crippen LogP contribution is -2.35. The van der Waals surface area contributed by atoms with Crippen molar-refractivity contribution in [3.8, 4) is 16.9 Å². The Morgan fingerprint density at radius 2 is 2.00 bits per heavy atom. The Morgan fingerprint density at radius 1 is 1.17 bits per heavy atom. The van der Waals surface area contributed by atoms with Crippen molar-refractivity contribution in [3.63, 3.8) is 0 Å². The number of halogens is 1. The molecule has 2 aromatic heterocycles. The average Bonchev–Trinajstić information content (AvgIpc) is 3.33. The first-order valence-electron chi connectivity index (χ1n) is 11.9. The van der Waals surface area contributed by atoms with Gasteiger partial charge in [-0.1, -0.05) is 47.3 Å². The molecule has 1 saturated heterocycles. The molecule has 1 fully saturated rings. The van der Waals surface area contributed by atoms with Crippen LogP contribution < -0.4 is 20.9 Å². The molecule has 0 aliphatic carbocycles. The lowest BCUT2D eigenvalue weighted by molar-refractivity contribution is 0.271. The van der Waals surface area contributed by atoms with Crippen LogP contribution in [0, 0.1) is 13.8 Å². The van der Waals surface area contributed by atoms with Gasteiger partial charge in [-0.25, -0.2) is 0 Å². The number of rotatable bonds is 7. The number of nitrogens with zero attached hydrogens (tertiary/aromatic N) is 2. The number of nitrogens with one attached hydrogen (secondary N) is 3. The van der Waals surface area contributed by atoms with Crippen LogP contribution in [-0.4, -0.2) is 32.9 Å². The van der Waals surface area contributed by atoms with Crippen LogP contribution in [0.1, 0.15) is 36.8 Å². The number of hydrogen-bond donors (Lipinski definition) is 3. The van der Waals surface area contributed by atoms with Crippen LogP contribution in [0.5, 0.6) is 5.75 Å². The summed E-state index contributed by atoms with van der Waals surface area (Å²) in [5, 5.41) is 8.04. The van der Waals surface area contributed by atoms with Gasteiger partial charge in [0.15, 0.2) is 5.82 Å². The lowest BCUT2D eigenvalue weighted by Gasteiger charge is -2.24. The van der Waals surface area contributed by atoms with Crippen molar-refractivity contribution in [2.45, 2.75) is 45.6 Å². The molecule has 4 aromatic rings. The molecule has 9 heteroatoms. The number of fused-ring (bicyclic) bond motifs is 1. The minimum absolute atomic E-state index is 0.200. The summed E-state index contributed by atoms with van der Waals surface area (Å²) >= 11 is 7.67. The van der Waals surface area contributed by atoms with Gasteiger partial charge >= 0.3 is 0 Å². The number of H-pyrrole nitrogens is 1. The van der Waals surface area contributed by atoms with Gasteiger partial charge in [-0.2, -0.15) is 8.75 Å². The summed E-state index contributed by atoms with van der Waals surface area (Å²) in [7, 11) is 0. The highest BCUT2D eigenvalue weighted by Gasteiger charge is 2.20. The van der Waals surface area contributed by atoms with E-state index >= 15 is 0 Å². The minimum atomic E-state index is -0.200. The monoisotopic (exact) mass is 509 g/mol. The predicted molar refractivity (Wildman–Crippen MR) is 143 cm³/mol. The quantitative estimate of drug-likeness (QED) is 0.284. The number of hydrogen-bond acceptors (Lipinski definition) is 7. The first-order valence-corrected chi connectivity index (χ1v) is 13.0. The fourth-order valence-electron chi connectivity index (χ4n) is 4.75. The maximum Gasteiger partial charge on any atom is 0.260 e. The molecule has 2 aromatic carbocycles. The zero-order valence-electron chi connectivity index (χ0n) is 19.8. The first-order chi connectivity index (χ1) is 17.0. The number of pyridine rings is 1. The number of aromatic amines is 1. The van der Waals surface area contributed by atoms with Crippen LogP contribution >= 0.6 is 23.3 Å². The van der Waals surface area contributed by atoms with Crippen LogP contribution in [0.2, 0.25) is 5.02 Å². The number of benzene rings is 2. The molecule has 7 nitrogen and oxygen atoms in total. The third-order valence-electron chi connectivity index (χ3n) is 6.31. The van der Waals surface area contributed by atoms with E-state index in [-0.39, 0.29) is 5.56 Å². The molecule has 0 amide bonds. The standard InChI is InChI=1S/C26H28ClN5O2S/c1-15-9-16(2)11-17(10-15)24-25(34-8-6-18-5-3-4-7-28-18)19-12-22(30-23-14-29-35-32-23)20(27)13-21(19)31-26(24)33/h9-14,18,28H,3-8H2,1-2H3,(H,30,32)(H,31,33)/t18-/m1/s1. The highest BCUT2D eigenvalue weighted by molar-refractivity contribution is 6.99. The van der Waals surface area contributed by atoms with Crippen LogP contribution in [-0.2, 0) is 0 Å². The molecule has 1 aliphatic heterocycles. The van der Waals surface area contributed by atoms with Gasteiger partial charge in [-0.05, 0) is 57.4 Å². The zero-order chi connectivity index (χ0) is 24.4. The molecule has 0 unspecified atom stereocenters. The number of aromatic nitrogens is 3. The van der Waals surface area contributed by atoms with E-state index in [0.717, 1.165) is 53.2 Å². The van der Waals surface area contributed by atoms with Crippen LogP contribution in [0.25, 0.3) is 22.0 Å². The predicted octanol–water partition coefficient (Wildman–Crippen LogP) is 5.97. The van der Waals surface area contributed by atoms with E-state index in [1.807, 2.05) is 32.0 Å². The van der Waals surface area contributed by atoms with Crippen LogP contribution in [0.4, 0.5) is 11.5 Å². The van der Waals surface area contributed by atoms with Gasteiger partial charge < -0.3 is 20.4 Å². The Kier molecular flexibility index (Phi) is 7.04. The highest BCUT2D eigenvalue weighted by atomic mass is 35.5. The summed E-state index contributed by atoms with van der Waals surface area (Å²) in [4.78, 5) is 16.4. The van der Waals surface area contributed by atoms with E-state index in [0.29, 0.717) is 46.0 Å². The number of aryl methyl sites for hydroxylation is 2. The second-order valence-electron chi connectivity index (χ2n) is 9.11. The molecule has 1 atom stereocenters. The van der Waals surface area contributed by atoms with E-state index < -0.39 is 0 Å². The summed E-state index contributed by atoms with van der Waals surface area (Å²) in [6, 6.07) is 10.2. The number of piperidine rings is 1. The number of anilines is 2. The van der Waals surface area contributed by atoms with Gasteiger partial charge in [0, 0.05) is 11.4 Å². The van der Waals surface area contributed by atoms with Gasteiger partial charge in [-0.15, -0.1) is 0 Å². The van der Waals surface area contributed by atoms with Crippen molar-refractivity contribution in [2.75, 3.05) is 18.5 Å². The van der Waals surface area contributed by atoms with Gasteiger partial charge in [0.1, 0.15) is 5.75 Å². The van der Waals surface area contributed by atoms with Gasteiger partial charge in [0.25, 0.3) is 5.56 Å². The molecule has 0 spiro atoms. The molecule has 5 rings (SSSR count). The molecule has 3 heterocycles. The molecule has 35 heavy (non-hydrogen) atoms. The zero-order valence-corrected chi connectivity index (χ0v) is 21.4. The Bertz CT molecular complexity index is 1380. The normalized spacial score (nSPS) is 15.9. The summed E-state index contributed by atoms with van der Waals surface area (Å²) in [6.45, 7) is 5.62. The maximum absolute atomic E-state index is 13.4. The summed E-state index contributed by atoms with van der Waals surface area (Å²) in [6.07, 6.45) is 6.13. The largest absolute Gasteiger partial charge is 0.492 e. The van der Waals surface area contributed by atoms with Crippen molar-refractivity contribution in [2.24, 2.45) is 0 Å². The maximum atomic E-state index is 13.4. The van der Waals surface area contributed by atoms with Gasteiger partial charge in [-0.3, -0.25) is 4.79 Å². The summed E-state index contributed by atoms with van der Waals surface area (Å²) in [5.41, 5.74) is 4.64. The van der Waals surface area contributed by atoms with Crippen molar-refractivity contribution in [1.82, 2.24) is 19.0 Å². The molecular weight excluding hydrogens is 482 g/mol. The molecule has 1 aliphatic rings. The first kappa shape index (κ1) is 23.8. The Balaban J connectivity index is 1.61. The minimum Gasteiger partial charge on any atom is -0.492 e. The molecular formula is C26H28ClN5O2S. The molecule has 3 N–H and O–H groups in total. The van der Waals surface area contributed by atoms with Crippen molar-refractivity contribution >= 4 is 45.7 Å². The SMILES string of the molecule is Cc1cc(C)cc(-c2c(OCC[C@H]3CCCCN3)c3cc(Nc4cnsn4)c(Cl)cc3[nH]c2=O)c1.